The maximum absolute atomic E-state index is 13.5. The summed E-state index contributed by atoms with van der Waals surface area (Å²) in [5, 5.41) is 0. The van der Waals surface area contributed by atoms with Gasteiger partial charge in [0.15, 0.2) is 5.78 Å². The van der Waals surface area contributed by atoms with Crippen LogP contribution in [0.1, 0.15) is 21.5 Å². The van der Waals surface area contributed by atoms with Gasteiger partial charge in [0.25, 0.3) is 0 Å². The standard InChI is InChI=1S/C14H6F6O/c15-9-5-10(16)12(11(17)6-9)13(21)7-2-1-3-8(4-7)14(18,19)20/h1-6H. The smallest absolute Gasteiger partial charge is 0.288 e. The van der Waals surface area contributed by atoms with E-state index in [1.165, 1.54) is 0 Å². The molecular weight excluding hydrogens is 298 g/mol. The molecule has 2 aromatic carbocycles. The lowest BCUT2D eigenvalue weighted by Gasteiger charge is -2.09. The number of benzene rings is 2. The van der Waals surface area contributed by atoms with Gasteiger partial charge in [0.1, 0.15) is 17.5 Å². The first-order valence-corrected chi connectivity index (χ1v) is 5.56. The van der Waals surface area contributed by atoms with Crippen molar-refractivity contribution >= 4 is 5.78 Å². The van der Waals surface area contributed by atoms with E-state index in [1.807, 2.05) is 0 Å². The molecule has 0 saturated heterocycles. The van der Waals surface area contributed by atoms with Crippen LogP contribution in [0.15, 0.2) is 36.4 Å². The van der Waals surface area contributed by atoms with Crippen LogP contribution in [-0.2, 0) is 6.18 Å². The third-order valence-corrected chi connectivity index (χ3v) is 2.69. The molecule has 1 nitrogen and oxygen atoms in total. The summed E-state index contributed by atoms with van der Waals surface area (Å²) in [4.78, 5) is 11.9. The first-order chi connectivity index (χ1) is 9.70. The average molecular weight is 304 g/mol. The topological polar surface area (TPSA) is 17.1 Å². The average Bonchev–Trinajstić information content (AvgIpc) is 2.36. The fraction of sp³-hybridized carbons (Fsp3) is 0.0714. The zero-order valence-corrected chi connectivity index (χ0v) is 10.1. The van der Waals surface area contributed by atoms with Crippen LogP contribution in [-0.4, -0.2) is 5.78 Å². The Morgan fingerprint density at radius 3 is 2.00 bits per heavy atom. The van der Waals surface area contributed by atoms with E-state index in [4.69, 9.17) is 0 Å². The zero-order valence-electron chi connectivity index (χ0n) is 10.1. The highest BCUT2D eigenvalue weighted by atomic mass is 19.4. The van der Waals surface area contributed by atoms with E-state index in [9.17, 15) is 31.1 Å². The first kappa shape index (κ1) is 15.1. The Hall–Kier alpha value is -2.31. The molecule has 0 unspecified atom stereocenters. The Bertz CT molecular complexity index is 682. The highest BCUT2D eigenvalue weighted by Gasteiger charge is 2.31. The van der Waals surface area contributed by atoms with E-state index in [0.29, 0.717) is 12.1 Å². The molecule has 0 aliphatic carbocycles. The Morgan fingerprint density at radius 2 is 1.48 bits per heavy atom. The van der Waals surface area contributed by atoms with Crippen LogP contribution >= 0.6 is 0 Å². The van der Waals surface area contributed by atoms with Gasteiger partial charge >= 0.3 is 6.18 Å². The summed E-state index contributed by atoms with van der Waals surface area (Å²) in [5.41, 5.74) is -2.78. The van der Waals surface area contributed by atoms with Gasteiger partial charge in [-0.05, 0) is 12.1 Å². The Kier molecular flexibility index (Phi) is 3.76. The van der Waals surface area contributed by atoms with E-state index in [0.717, 1.165) is 12.1 Å². The monoisotopic (exact) mass is 304 g/mol. The van der Waals surface area contributed by atoms with E-state index in [-0.39, 0.29) is 12.1 Å². The second-order valence-electron chi connectivity index (χ2n) is 4.15. The minimum absolute atomic E-state index is 0.282. The van der Waals surface area contributed by atoms with Crippen LogP contribution in [0.25, 0.3) is 0 Å². The van der Waals surface area contributed by atoms with Crippen molar-refractivity contribution in [1.82, 2.24) is 0 Å². The maximum atomic E-state index is 13.5. The van der Waals surface area contributed by atoms with Crippen LogP contribution in [0.4, 0.5) is 26.3 Å². The number of carbonyl (C=O) groups excluding carboxylic acids is 1. The van der Waals surface area contributed by atoms with Gasteiger partial charge in [-0.25, -0.2) is 13.2 Å². The van der Waals surface area contributed by atoms with Crippen molar-refractivity contribution in [3.05, 3.63) is 70.5 Å². The van der Waals surface area contributed by atoms with E-state index < -0.39 is 46.1 Å². The largest absolute Gasteiger partial charge is 0.416 e. The summed E-state index contributed by atoms with van der Waals surface area (Å²) in [6.45, 7) is 0. The summed E-state index contributed by atoms with van der Waals surface area (Å²) in [5.74, 6) is -5.48. The minimum atomic E-state index is -4.70. The minimum Gasteiger partial charge on any atom is -0.288 e. The summed E-state index contributed by atoms with van der Waals surface area (Å²) >= 11 is 0. The van der Waals surface area contributed by atoms with E-state index >= 15 is 0 Å². The molecule has 0 N–H and O–H groups in total. The van der Waals surface area contributed by atoms with Crippen molar-refractivity contribution in [2.24, 2.45) is 0 Å². The summed E-state index contributed by atoms with van der Waals surface area (Å²) < 4.78 is 77.3. The maximum Gasteiger partial charge on any atom is 0.416 e. The zero-order chi connectivity index (χ0) is 15.8. The number of carbonyl (C=O) groups is 1. The molecule has 2 rings (SSSR count). The van der Waals surface area contributed by atoms with Crippen LogP contribution in [0.2, 0.25) is 0 Å². The molecule has 0 saturated carbocycles. The van der Waals surface area contributed by atoms with Gasteiger partial charge in [0, 0.05) is 17.7 Å². The van der Waals surface area contributed by atoms with Crippen LogP contribution in [0.5, 0.6) is 0 Å². The van der Waals surface area contributed by atoms with Crippen molar-refractivity contribution in [2.45, 2.75) is 6.18 Å². The lowest BCUT2D eigenvalue weighted by molar-refractivity contribution is -0.137. The molecule has 0 radical (unpaired) electrons. The SMILES string of the molecule is O=C(c1cccc(C(F)(F)F)c1)c1c(F)cc(F)cc1F. The predicted octanol–water partition coefficient (Wildman–Crippen LogP) is 4.35. The molecule has 0 fully saturated rings. The summed E-state index contributed by atoms with van der Waals surface area (Å²) in [7, 11) is 0. The van der Waals surface area contributed by atoms with Crippen molar-refractivity contribution in [1.29, 1.82) is 0 Å². The number of ketones is 1. The molecule has 0 atom stereocenters. The quantitative estimate of drug-likeness (QED) is 0.595. The normalized spacial score (nSPS) is 11.5. The predicted molar refractivity (Wildman–Crippen MR) is 61.2 cm³/mol. The second kappa shape index (κ2) is 5.23. The van der Waals surface area contributed by atoms with E-state index in [1.54, 1.807) is 0 Å². The van der Waals surface area contributed by atoms with Gasteiger partial charge in [-0.2, -0.15) is 13.2 Å². The molecule has 2 aromatic rings. The lowest BCUT2D eigenvalue weighted by atomic mass is 10.00. The Morgan fingerprint density at radius 1 is 0.905 bits per heavy atom. The van der Waals surface area contributed by atoms with Gasteiger partial charge in [-0.15, -0.1) is 0 Å². The second-order valence-corrected chi connectivity index (χ2v) is 4.15. The van der Waals surface area contributed by atoms with Crippen molar-refractivity contribution < 1.29 is 31.1 Å². The van der Waals surface area contributed by atoms with Gasteiger partial charge in [0.05, 0.1) is 11.1 Å². The first-order valence-electron chi connectivity index (χ1n) is 5.56. The van der Waals surface area contributed by atoms with Gasteiger partial charge in [-0.1, -0.05) is 12.1 Å². The van der Waals surface area contributed by atoms with Gasteiger partial charge in [-0.3, -0.25) is 4.79 Å². The van der Waals surface area contributed by atoms with Crippen molar-refractivity contribution in [2.75, 3.05) is 0 Å². The van der Waals surface area contributed by atoms with Crippen molar-refractivity contribution in [3.63, 3.8) is 0 Å². The molecule has 0 aliphatic heterocycles. The molecule has 0 amide bonds. The lowest BCUT2D eigenvalue weighted by Crippen LogP contribution is -2.11. The highest BCUT2D eigenvalue weighted by Crippen LogP contribution is 2.30. The fourth-order valence-electron chi connectivity index (χ4n) is 1.74. The van der Waals surface area contributed by atoms with Crippen LogP contribution < -0.4 is 0 Å². The van der Waals surface area contributed by atoms with Gasteiger partial charge < -0.3 is 0 Å². The molecule has 7 heteroatoms. The van der Waals surface area contributed by atoms with Crippen molar-refractivity contribution in [3.8, 4) is 0 Å². The van der Waals surface area contributed by atoms with Gasteiger partial charge in [0.2, 0.25) is 0 Å². The molecular formula is C14H6F6O. The Labute approximate surface area is 114 Å². The molecule has 21 heavy (non-hydrogen) atoms. The number of alkyl halides is 3. The summed E-state index contributed by atoms with van der Waals surface area (Å²) in [6.07, 6.45) is -4.70. The fourth-order valence-corrected chi connectivity index (χ4v) is 1.74. The Balaban J connectivity index is 2.51. The number of hydrogen-bond donors (Lipinski definition) is 0. The van der Waals surface area contributed by atoms with Crippen LogP contribution in [0.3, 0.4) is 0 Å². The molecule has 0 bridgehead atoms. The third kappa shape index (κ3) is 3.07. The summed E-state index contributed by atoms with van der Waals surface area (Å²) in [6, 6.07) is 3.68. The third-order valence-electron chi connectivity index (χ3n) is 2.69. The number of halogens is 6. The molecule has 0 heterocycles. The molecule has 0 aliphatic rings. The molecule has 0 aromatic heterocycles. The van der Waals surface area contributed by atoms with Crippen LogP contribution in [0, 0.1) is 17.5 Å². The number of rotatable bonds is 2. The molecule has 0 spiro atoms. The number of hydrogen-bond acceptors (Lipinski definition) is 1. The van der Waals surface area contributed by atoms with E-state index in [2.05, 4.69) is 0 Å². The highest BCUT2D eigenvalue weighted by molar-refractivity contribution is 6.09. The molecule has 110 valence electrons.